The maximum Gasteiger partial charge on any atom is 0.323 e. The summed E-state index contributed by atoms with van der Waals surface area (Å²) in [6.07, 6.45) is 0. The van der Waals surface area contributed by atoms with Gasteiger partial charge in [0, 0.05) is 25.4 Å². The van der Waals surface area contributed by atoms with Crippen LogP contribution >= 0.6 is 15.9 Å². The second-order valence-electron chi connectivity index (χ2n) is 4.09. The number of ether oxygens (including phenoxy) is 2. The normalized spacial score (nSPS) is 10.0. The van der Waals surface area contributed by atoms with Crippen LogP contribution in [0.15, 0.2) is 22.7 Å². The van der Waals surface area contributed by atoms with Crippen LogP contribution < -0.4 is 10.1 Å². The Hall–Kier alpha value is -1.80. The lowest BCUT2D eigenvalue weighted by atomic mass is 10.3. The Kier molecular flexibility index (Phi) is 6.97. The maximum absolute atomic E-state index is 12.1. The number of halogens is 1. The number of urea groups is 1. The molecular formula is C13H17BrN2O5. The Morgan fingerprint density at radius 1 is 1.38 bits per heavy atom. The van der Waals surface area contributed by atoms with Crippen LogP contribution in [-0.4, -0.2) is 55.9 Å². The molecule has 2 N–H and O–H groups in total. The molecule has 1 aromatic carbocycles. The van der Waals surface area contributed by atoms with Crippen LogP contribution in [0.3, 0.4) is 0 Å². The molecule has 0 saturated heterocycles. The average molecular weight is 361 g/mol. The largest absolute Gasteiger partial charge is 0.495 e. The predicted molar refractivity (Wildman–Crippen MR) is 80.8 cm³/mol. The standard InChI is InChI=1S/C13H17BrN2O5/c1-20-6-5-16(8-12(17)18)13(19)15-9-3-4-10(14)11(7-9)21-2/h3-4,7H,5-6,8H2,1-2H3,(H,15,19)(H,17,18). The summed E-state index contributed by atoms with van der Waals surface area (Å²) >= 11 is 3.31. The summed E-state index contributed by atoms with van der Waals surface area (Å²) in [4.78, 5) is 24.0. The van der Waals surface area contributed by atoms with Crippen LogP contribution in [-0.2, 0) is 9.53 Å². The van der Waals surface area contributed by atoms with E-state index in [4.69, 9.17) is 14.6 Å². The van der Waals surface area contributed by atoms with Gasteiger partial charge in [-0.05, 0) is 28.1 Å². The molecule has 1 rings (SSSR count). The summed E-state index contributed by atoms with van der Waals surface area (Å²) in [5.74, 6) is -0.524. The van der Waals surface area contributed by atoms with E-state index in [2.05, 4.69) is 21.2 Å². The molecule has 0 aromatic heterocycles. The molecule has 21 heavy (non-hydrogen) atoms. The minimum atomic E-state index is -1.09. The Morgan fingerprint density at radius 2 is 2.10 bits per heavy atom. The lowest BCUT2D eigenvalue weighted by Gasteiger charge is -2.21. The van der Waals surface area contributed by atoms with E-state index in [-0.39, 0.29) is 13.2 Å². The molecule has 1 aromatic rings. The number of carbonyl (C=O) groups excluding carboxylic acids is 1. The minimum absolute atomic E-state index is 0.183. The van der Waals surface area contributed by atoms with Crippen molar-refractivity contribution in [2.24, 2.45) is 0 Å². The van der Waals surface area contributed by atoms with Crippen LogP contribution in [0.25, 0.3) is 0 Å². The monoisotopic (exact) mass is 360 g/mol. The number of carboxylic acids is 1. The van der Waals surface area contributed by atoms with Gasteiger partial charge in [-0.3, -0.25) is 4.79 Å². The van der Waals surface area contributed by atoms with Gasteiger partial charge in [-0.15, -0.1) is 0 Å². The molecule has 0 saturated carbocycles. The Balaban J connectivity index is 2.77. The van der Waals surface area contributed by atoms with E-state index >= 15 is 0 Å². The molecule has 0 aliphatic carbocycles. The van der Waals surface area contributed by atoms with Gasteiger partial charge in [0.05, 0.1) is 18.2 Å². The van der Waals surface area contributed by atoms with Gasteiger partial charge in [0.2, 0.25) is 0 Å². The molecule has 0 unspecified atom stereocenters. The van der Waals surface area contributed by atoms with Crippen LogP contribution in [0.4, 0.5) is 10.5 Å². The summed E-state index contributed by atoms with van der Waals surface area (Å²) in [6, 6.07) is 4.53. The van der Waals surface area contributed by atoms with Crippen molar-refractivity contribution in [2.75, 3.05) is 39.2 Å². The first-order chi connectivity index (χ1) is 9.97. The number of hydrogen-bond donors (Lipinski definition) is 2. The fraction of sp³-hybridized carbons (Fsp3) is 0.385. The first-order valence-electron chi connectivity index (χ1n) is 6.08. The smallest absolute Gasteiger partial charge is 0.323 e. The zero-order valence-electron chi connectivity index (χ0n) is 11.8. The van der Waals surface area contributed by atoms with Crippen LogP contribution in [0.5, 0.6) is 5.75 Å². The summed E-state index contributed by atoms with van der Waals surface area (Å²) < 4.78 is 10.8. The van der Waals surface area contributed by atoms with E-state index in [9.17, 15) is 9.59 Å². The number of carboxylic acid groups (broad SMARTS) is 1. The van der Waals surface area contributed by atoms with Gasteiger partial charge in [-0.25, -0.2) is 4.79 Å². The van der Waals surface area contributed by atoms with Gasteiger partial charge in [0.15, 0.2) is 0 Å². The van der Waals surface area contributed by atoms with Crippen LogP contribution in [0.2, 0.25) is 0 Å². The fourth-order valence-corrected chi connectivity index (χ4v) is 1.97. The van der Waals surface area contributed by atoms with E-state index in [0.717, 1.165) is 9.37 Å². The van der Waals surface area contributed by atoms with Crippen LogP contribution in [0.1, 0.15) is 0 Å². The van der Waals surface area contributed by atoms with Crippen molar-refractivity contribution in [1.82, 2.24) is 4.90 Å². The number of rotatable bonds is 7. The maximum atomic E-state index is 12.1. The first-order valence-corrected chi connectivity index (χ1v) is 6.87. The molecule has 0 atom stereocenters. The second kappa shape index (κ2) is 8.48. The van der Waals surface area contributed by atoms with Crippen molar-refractivity contribution in [2.45, 2.75) is 0 Å². The van der Waals surface area contributed by atoms with E-state index in [1.165, 1.54) is 14.2 Å². The van der Waals surface area contributed by atoms with Gasteiger partial charge < -0.3 is 24.8 Å². The number of amides is 2. The Labute approximate surface area is 131 Å². The van der Waals surface area contributed by atoms with Crippen molar-refractivity contribution in [3.63, 3.8) is 0 Å². The quantitative estimate of drug-likeness (QED) is 0.776. The van der Waals surface area contributed by atoms with Crippen LogP contribution in [0, 0.1) is 0 Å². The number of hydrogen-bond acceptors (Lipinski definition) is 4. The molecule has 2 amide bonds. The van der Waals surface area contributed by atoms with Gasteiger partial charge >= 0.3 is 12.0 Å². The molecule has 7 nitrogen and oxygen atoms in total. The molecule has 0 spiro atoms. The molecule has 0 aliphatic rings. The number of benzene rings is 1. The summed E-state index contributed by atoms with van der Waals surface area (Å²) in [6.45, 7) is 0.0372. The zero-order valence-corrected chi connectivity index (χ0v) is 13.3. The third-order valence-corrected chi connectivity index (χ3v) is 3.24. The second-order valence-corrected chi connectivity index (χ2v) is 4.94. The lowest BCUT2D eigenvalue weighted by Crippen LogP contribution is -2.40. The van der Waals surface area contributed by atoms with Crippen molar-refractivity contribution in [3.05, 3.63) is 22.7 Å². The van der Waals surface area contributed by atoms with Gasteiger partial charge in [-0.2, -0.15) is 0 Å². The highest BCUT2D eigenvalue weighted by atomic mass is 79.9. The summed E-state index contributed by atoms with van der Waals surface area (Å²) in [7, 11) is 3.00. The first kappa shape index (κ1) is 17.3. The van der Waals surface area contributed by atoms with Gasteiger partial charge in [-0.1, -0.05) is 0 Å². The predicted octanol–water partition coefficient (Wildman–Crippen LogP) is 2.02. The molecule has 0 radical (unpaired) electrons. The molecule has 0 fully saturated rings. The average Bonchev–Trinajstić information content (AvgIpc) is 2.44. The minimum Gasteiger partial charge on any atom is -0.495 e. The highest BCUT2D eigenvalue weighted by Crippen LogP contribution is 2.27. The van der Waals surface area contributed by atoms with E-state index in [1.54, 1.807) is 18.2 Å². The number of methoxy groups -OCH3 is 2. The molecule has 0 bridgehead atoms. The third-order valence-electron chi connectivity index (χ3n) is 2.58. The van der Waals surface area contributed by atoms with Crippen molar-refractivity contribution >= 4 is 33.6 Å². The highest BCUT2D eigenvalue weighted by molar-refractivity contribution is 9.10. The molecule has 116 valence electrons. The van der Waals surface area contributed by atoms with E-state index < -0.39 is 18.5 Å². The molecule has 0 heterocycles. The number of carbonyl (C=O) groups is 2. The van der Waals surface area contributed by atoms with Crippen molar-refractivity contribution in [1.29, 1.82) is 0 Å². The van der Waals surface area contributed by atoms with Gasteiger partial charge in [0.25, 0.3) is 0 Å². The lowest BCUT2D eigenvalue weighted by molar-refractivity contribution is -0.137. The fourth-order valence-electron chi connectivity index (χ4n) is 1.56. The Bertz CT molecular complexity index is 509. The SMILES string of the molecule is COCCN(CC(=O)O)C(=O)Nc1ccc(Br)c(OC)c1. The molecule has 0 aliphatic heterocycles. The number of nitrogens with zero attached hydrogens (tertiary/aromatic N) is 1. The van der Waals surface area contributed by atoms with E-state index in [0.29, 0.717) is 11.4 Å². The topological polar surface area (TPSA) is 88.1 Å². The van der Waals surface area contributed by atoms with E-state index in [1.807, 2.05) is 0 Å². The summed E-state index contributed by atoms with van der Waals surface area (Å²) in [5, 5.41) is 11.5. The number of aliphatic carboxylic acids is 1. The highest BCUT2D eigenvalue weighted by Gasteiger charge is 2.17. The van der Waals surface area contributed by atoms with Crippen molar-refractivity contribution in [3.8, 4) is 5.75 Å². The Morgan fingerprint density at radius 3 is 2.67 bits per heavy atom. The molecule has 8 heteroatoms. The third kappa shape index (κ3) is 5.60. The molecular weight excluding hydrogens is 344 g/mol. The summed E-state index contributed by atoms with van der Waals surface area (Å²) in [5.41, 5.74) is 0.507. The zero-order chi connectivity index (χ0) is 15.8. The number of nitrogens with one attached hydrogen (secondary N) is 1. The number of anilines is 1. The van der Waals surface area contributed by atoms with Crippen molar-refractivity contribution < 1.29 is 24.2 Å². The van der Waals surface area contributed by atoms with Gasteiger partial charge in [0.1, 0.15) is 12.3 Å².